The van der Waals surface area contributed by atoms with Crippen molar-refractivity contribution in [3.8, 4) is 12.1 Å². The van der Waals surface area contributed by atoms with E-state index in [1.165, 1.54) is 6.07 Å². The number of carbonyl (C=O) groups excluding carboxylic acids is 1. The van der Waals surface area contributed by atoms with Crippen LogP contribution in [-0.4, -0.2) is 23.7 Å². The van der Waals surface area contributed by atoms with Gasteiger partial charge in [-0.25, -0.2) is 9.59 Å². The van der Waals surface area contributed by atoms with Crippen molar-refractivity contribution in [1.29, 1.82) is 10.5 Å². The smallest absolute Gasteiger partial charge is 0.336 e. The quantitative estimate of drug-likeness (QED) is 0.602. The van der Waals surface area contributed by atoms with Crippen LogP contribution in [0.4, 0.5) is 0 Å². The highest BCUT2D eigenvalue weighted by Gasteiger charge is 2.38. The van der Waals surface area contributed by atoms with Crippen LogP contribution < -0.4 is 5.32 Å². The molecule has 0 bridgehead atoms. The minimum Gasteiger partial charge on any atom is -0.478 e. The Morgan fingerprint density at radius 3 is 2.65 bits per heavy atom. The lowest BCUT2D eigenvalue weighted by molar-refractivity contribution is -0.139. The highest BCUT2D eigenvalue weighted by Crippen LogP contribution is 2.39. The van der Waals surface area contributed by atoms with Gasteiger partial charge in [0.15, 0.2) is 0 Å². The number of nitrogens with one attached hydrogen (secondary N) is 1. The molecule has 0 saturated carbocycles. The van der Waals surface area contributed by atoms with E-state index in [2.05, 4.69) is 5.32 Å². The van der Waals surface area contributed by atoms with E-state index in [9.17, 15) is 20.0 Å². The fourth-order valence-corrected chi connectivity index (χ4v) is 2.90. The molecule has 8 heteroatoms. The summed E-state index contributed by atoms with van der Waals surface area (Å²) < 4.78 is 5.08. The maximum absolute atomic E-state index is 12.6. The number of rotatable bonds is 5. The topological polar surface area (TPSA) is 123 Å². The second-order valence-electron chi connectivity index (χ2n) is 5.40. The first-order valence-corrected chi connectivity index (χ1v) is 7.93. The molecule has 1 aromatic rings. The number of carboxylic acids is 1. The van der Waals surface area contributed by atoms with Crippen LogP contribution in [0.5, 0.6) is 0 Å². The Morgan fingerprint density at radius 1 is 1.35 bits per heavy atom. The van der Waals surface area contributed by atoms with E-state index in [1.807, 2.05) is 12.1 Å². The fourth-order valence-electron chi connectivity index (χ4n) is 2.70. The van der Waals surface area contributed by atoms with Crippen molar-refractivity contribution in [2.24, 2.45) is 0 Å². The van der Waals surface area contributed by atoms with Crippen LogP contribution in [-0.2, 0) is 14.3 Å². The summed E-state index contributed by atoms with van der Waals surface area (Å²) in [4.78, 5) is 24.4. The van der Waals surface area contributed by atoms with Gasteiger partial charge in [-0.15, -0.1) is 0 Å². The second kappa shape index (κ2) is 8.19. The molecule has 1 aliphatic rings. The molecule has 1 atom stereocenters. The van der Waals surface area contributed by atoms with Crippen LogP contribution in [0, 0.1) is 22.7 Å². The van der Waals surface area contributed by atoms with Gasteiger partial charge >= 0.3 is 11.9 Å². The predicted octanol–water partition coefficient (Wildman–Crippen LogP) is 2.62. The first kappa shape index (κ1) is 19.0. The average Bonchev–Trinajstić information content (AvgIpc) is 2.60. The molecule has 1 heterocycles. The molecule has 2 N–H and O–H groups in total. The molecule has 7 nitrogen and oxygen atoms in total. The molecule has 0 saturated heterocycles. The number of benzene rings is 1. The summed E-state index contributed by atoms with van der Waals surface area (Å²) in [5.41, 5.74) is 0.372. The van der Waals surface area contributed by atoms with E-state index >= 15 is 0 Å². The second-order valence-corrected chi connectivity index (χ2v) is 5.84. The molecule has 1 aliphatic heterocycles. The number of nitrogens with zero attached hydrogens (tertiary/aromatic N) is 2. The zero-order valence-corrected chi connectivity index (χ0v) is 14.5. The number of nitriles is 2. The number of ether oxygens (including phenoxy) is 1. The molecule has 2 rings (SSSR count). The Kier molecular flexibility index (Phi) is 6.00. The van der Waals surface area contributed by atoms with E-state index < -0.39 is 17.9 Å². The highest BCUT2D eigenvalue weighted by atomic mass is 35.5. The van der Waals surface area contributed by atoms with Gasteiger partial charge in [-0.3, -0.25) is 0 Å². The number of allylic oxidation sites excluding steroid dienone is 2. The van der Waals surface area contributed by atoms with Gasteiger partial charge in [0.2, 0.25) is 0 Å². The van der Waals surface area contributed by atoms with Gasteiger partial charge in [0.1, 0.15) is 18.4 Å². The third-order valence-electron chi connectivity index (χ3n) is 3.75. The number of aliphatic carboxylic acids is 1. The molecule has 0 fully saturated rings. The number of hydrogen-bond acceptors (Lipinski definition) is 6. The first-order chi connectivity index (χ1) is 12.4. The van der Waals surface area contributed by atoms with Crippen LogP contribution in [0.1, 0.15) is 24.8 Å². The maximum Gasteiger partial charge on any atom is 0.336 e. The Hall–Kier alpha value is -3.29. The molecule has 1 unspecified atom stereocenters. The van der Waals surface area contributed by atoms with Gasteiger partial charge in [-0.1, -0.05) is 23.7 Å². The van der Waals surface area contributed by atoms with Crippen LogP contribution >= 0.6 is 11.6 Å². The van der Waals surface area contributed by atoms with Gasteiger partial charge in [-0.05, 0) is 24.6 Å². The zero-order valence-electron chi connectivity index (χ0n) is 13.7. The molecular weight excluding hydrogens is 358 g/mol. The number of carbonyl (C=O) groups is 2. The molecule has 0 aliphatic carbocycles. The van der Waals surface area contributed by atoms with Crippen molar-refractivity contribution in [3.05, 3.63) is 57.4 Å². The first-order valence-electron chi connectivity index (χ1n) is 7.55. The number of carboxylic acid groups (broad SMARTS) is 1. The van der Waals surface area contributed by atoms with Crippen molar-refractivity contribution < 1.29 is 19.4 Å². The summed E-state index contributed by atoms with van der Waals surface area (Å²) in [5.74, 6) is -3.13. The monoisotopic (exact) mass is 371 g/mol. The lowest BCUT2D eigenvalue weighted by Gasteiger charge is -2.28. The Balaban J connectivity index is 2.61. The predicted molar refractivity (Wildman–Crippen MR) is 91.5 cm³/mol. The molecule has 0 amide bonds. The van der Waals surface area contributed by atoms with Gasteiger partial charge in [0, 0.05) is 10.7 Å². The summed E-state index contributed by atoms with van der Waals surface area (Å²) >= 11 is 6.02. The lowest BCUT2D eigenvalue weighted by atomic mass is 9.80. The number of esters is 1. The molecule has 1 aromatic carbocycles. The van der Waals surface area contributed by atoms with Crippen LogP contribution in [0.2, 0.25) is 5.02 Å². The summed E-state index contributed by atoms with van der Waals surface area (Å²) in [6.07, 6.45) is 0.0123. The van der Waals surface area contributed by atoms with Crippen LogP contribution in [0.3, 0.4) is 0 Å². The fraction of sp³-hybridized carbons (Fsp3) is 0.222. The molecular formula is C18H14ClN3O4. The van der Waals surface area contributed by atoms with E-state index in [-0.39, 0.29) is 29.9 Å². The van der Waals surface area contributed by atoms with Crippen molar-refractivity contribution in [1.82, 2.24) is 5.32 Å². The third kappa shape index (κ3) is 3.85. The SMILES string of the molecule is CC1=C(C(=O)OCCC#N)C(c2cccc(Cl)c2)C(C(=O)O)=C(C#N)N1. The number of dihydropyridines is 1. The van der Waals surface area contributed by atoms with Gasteiger partial charge in [0.25, 0.3) is 0 Å². The Morgan fingerprint density at radius 2 is 2.08 bits per heavy atom. The largest absolute Gasteiger partial charge is 0.478 e. The lowest BCUT2D eigenvalue weighted by Crippen LogP contribution is -2.32. The molecule has 0 radical (unpaired) electrons. The Bertz CT molecular complexity index is 906. The maximum atomic E-state index is 12.6. The van der Waals surface area contributed by atoms with Crippen LogP contribution in [0.15, 0.2) is 46.8 Å². The summed E-state index contributed by atoms with van der Waals surface area (Å²) in [5, 5.41) is 30.5. The van der Waals surface area contributed by atoms with Gasteiger partial charge < -0.3 is 15.2 Å². The summed E-state index contributed by atoms with van der Waals surface area (Å²) in [6, 6.07) is 10.1. The summed E-state index contributed by atoms with van der Waals surface area (Å²) in [7, 11) is 0. The minimum atomic E-state index is -1.34. The molecule has 0 aromatic heterocycles. The highest BCUT2D eigenvalue weighted by molar-refractivity contribution is 6.30. The zero-order chi connectivity index (χ0) is 19.3. The number of halogens is 1. The van der Waals surface area contributed by atoms with E-state index in [0.717, 1.165) is 0 Å². The molecule has 132 valence electrons. The average molecular weight is 372 g/mol. The number of hydrogen-bond donors (Lipinski definition) is 2. The van der Waals surface area contributed by atoms with Crippen molar-refractivity contribution in [2.75, 3.05) is 6.61 Å². The van der Waals surface area contributed by atoms with Crippen LogP contribution in [0.25, 0.3) is 0 Å². The van der Waals surface area contributed by atoms with Crippen molar-refractivity contribution in [3.63, 3.8) is 0 Å². The standard InChI is InChI=1S/C18H14ClN3O4/c1-10-14(18(25)26-7-3-6-20)15(11-4-2-5-12(19)8-11)16(17(23)24)13(9-21)22-10/h2,4-5,8,15,22H,3,7H2,1H3,(H,23,24). The van der Waals surface area contributed by atoms with E-state index in [1.54, 1.807) is 25.1 Å². The van der Waals surface area contributed by atoms with Crippen molar-refractivity contribution >= 4 is 23.5 Å². The normalized spacial score (nSPS) is 16.4. The third-order valence-corrected chi connectivity index (χ3v) is 3.99. The molecule has 26 heavy (non-hydrogen) atoms. The van der Waals surface area contributed by atoms with E-state index in [0.29, 0.717) is 16.3 Å². The van der Waals surface area contributed by atoms with E-state index in [4.69, 9.17) is 21.6 Å². The van der Waals surface area contributed by atoms with Crippen molar-refractivity contribution in [2.45, 2.75) is 19.3 Å². The van der Waals surface area contributed by atoms with Gasteiger partial charge in [0.05, 0.1) is 29.6 Å². The summed E-state index contributed by atoms with van der Waals surface area (Å²) in [6.45, 7) is 1.43. The Labute approximate surface area is 154 Å². The molecule has 0 spiro atoms. The van der Waals surface area contributed by atoms with Gasteiger partial charge in [-0.2, -0.15) is 10.5 Å². The minimum absolute atomic E-state index is 0.0123.